The highest BCUT2D eigenvalue weighted by atomic mass is 19.1. The van der Waals surface area contributed by atoms with Crippen molar-refractivity contribution in [2.75, 3.05) is 13.2 Å². The Morgan fingerprint density at radius 2 is 1.82 bits per heavy atom. The zero-order chi connectivity index (χ0) is 26.5. The van der Waals surface area contributed by atoms with Gasteiger partial charge < -0.3 is 15.0 Å². The van der Waals surface area contributed by atoms with Crippen molar-refractivity contribution in [3.63, 3.8) is 0 Å². The fourth-order valence-electron chi connectivity index (χ4n) is 5.17. The molecule has 3 aromatic rings. The molecular weight excluding hydrogens is 487 g/mol. The molecule has 2 aliphatic rings. The van der Waals surface area contributed by atoms with Gasteiger partial charge in [0.25, 0.3) is 0 Å². The first-order valence-corrected chi connectivity index (χ1v) is 13.3. The lowest BCUT2D eigenvalue weighted by Crippen LogP contribution is -2.49. The number of aryl methyl sites for hydroxylation is 1. The smallest absolute Gasteiger partial charge is 0.247 e. The van der Waals surface area contributed by atoms with Crippen molar-refractivity contribution in [3.05, 3.63) is 65.5 Å². The number of amides is 2. The van der Waals surface area contributed by atoms with Gasteiger partial charge >= 0.3 is 0 Å². The summed E-state index contributed by atoms with van der Waals surface area (Å²) in [6.07, 6.45) is 5.44. The molecule has 2 fully saturated rings. The van der Waals surface area contributed by atoms with E-state index in [0.717, 1.165) is 49.7 Å². The predicted octanol–water partition coefficient (Wildman–Crippen LogP) is 3.60. The third-order valence-corrected chi connectivity index (χ3v) is 7.23. The topological polar surface area (TPSA) is 102 Å². The summed E-state index contributed by atoms with van der Waals surface area (Å²) in [6, 6.07) is 12.6. The molecule has 2 amide bonds. The van der Waals surface area contributed by atoms with Gasteiger partial charge in [0.2, 0.25) is 17.6 Å². The number of rotatable bonds is 9. The van der Waals surface area contributed by atoms with Gasteiger partial charge in [0.15, 0.2) is 0 Å². The van der Waals surface area contributed by atoms with Gasteiger partial charge in [0.1, 0.15) is 18.4 Å². The Bertz CT molecular complexity index is 1230. The van der Waals surface area contributed by atoms with Crippen LogP contribution >= 0.6 is 0 Å². The number of nitrogens with zero attached hydrogens (tertiary/aromatic N) is 5. The first-order chi connectivity index (χ1) is 18.5. The number of hydrogen-bond donors (Lipinski definition) is 1. The molecule has 1 saturated heterocycles. The van der Waals surface area contributed by atoms with Crippen LogP contribution in [0.25, 0.3) is 11.4 Å². The van der Waals surface area contributed by atoms with Gasteiger partial charge in [-0.15, -0.1) is 10.2 Å². The number of nitrogens with one attached hydrogen (secondary N) is 1. The van der Waals surface area contributed by atoms with E-state index < -0.39 is 11.9 Å². The average molecular weight is 521 g/mol. The molecule has 38 heavy (non-hydrogen) atoms. The number of carbonyl (C=O) groups excluding carboxylic acids is 2. The molecule has 0 spiro atoms. The second kappa shape index (κ2) is 11.8. The third kappa shape index (κ3) is 6.24. The normalized spacial score (nSPS) is 18.4. The van der Waals surface area contributed by atoms with Crippen molar-refractivity contribution >= 4 is 11.8 Å². The van der Waals surface area contributed by atoms with Crippen LogP contribution in [-0.4, -0.2) is 62.2 Å². The lowest BCUT2D eigenvalue weighted by Gasteiger charge is -2.33. The third-order valence-electron chi connectivity index (χ3n) is 7.23. The monoisotopic (exact) mass is 520 g/mol. The molecule has 1 N–H and O–H groups in total. The van der Waals surface area contributed by atoms with E-state index >= 15 is 0 Å². The summed E-state index contributed by atoms with van der Waals surface area (Å²) in [7, 11) is 0. The fraction of sp³-hybridized carbons (Fsp3) is 0.464. The van der Waals surface area contributed by atoms with E-state index in [4.69, 9.17) is 4.74 Å². The molecule has 2 heterocycles. The second-order valence-corrected chi connectivity index (χ2v) is 10.1. The Hall–Kier alpha value is -3.66. The van der Waals surface area contributed by atoms with Crippen molar-refractivity contribution in [2.24, 2.45) is 0 Å². The molecule has 10 heteroatoms. The maximum Gasteiger partial charge on any atom is 0.247 e. The molecule has 2 atom stereocenters. The van der Waals surface area contributed by atoms with Crippen molar-refractivity contribution in [2.45, 2.75) is 70.2 Å². The van der Waals surface area contributed by atoms with E-state index in [9.17, 15) is 14.0 Å². The van der Waals surface area contributed by atoms with Crippen LogP contribution in [0.3, 0.4) is 0 Å². The molecule has 1 aliphatic carbocycles. The number of tetrazole rings is 1. The number of halogens is 1. The van der Waals surface area contributed by atoms with Gasteiger partial charge in [-0.05, 0) is 55.5 Å². The quantitative estimate of drug-likeness (QED) is 0.463. The summed E-state index contributed by atoms with van der Waals surface area (Å²) in [4.78, 5) is 30.3. The zero-order valence-electron chi connectivity index (χ0n) is 21.6. The van der Waals surface area contributed by atoms with Crippen LogP contribution in [0, 0.1) is 12.7 Å². The Kier molecular flexibility index (Phi) is 8.07. The minimum atomic E-state index is -0.937. The van der Waals surface area contributed by atoms with E-state index in [0.29, 0.717) is 18.0 Å². The lowest BCUT2D eigenvalue weighted by atomic mass is 10.0. The van der Waals surface area contributed by atoms with Crippen LogP contribution in [0.4, 0.5) is 4.39 Å². The van der Waals surface area contributed by atoms with Crippen molar-refractivity contribution in [1.29, 1.82) is 0 Å². The summed E-state index contributed by atoms with van der Waals surface area (Å²) < 4.78 is 19.6. The van der Waals surface area contributed by atoms with Gasteiger partial charge in [0, 0.05) is 24.8 Å². The molecule has 5 rings (SSSR count). The van der Waals surface area contributed by atoms with Gasteiger partial charge in [-0.25, -0.2) is 4.39 Å². The molecular formula is C28H33FN6O3. The van der Waals surface area contributed by atoms with Crippen molar-refractivity contribution < 1.29 is 18.7 Å². The Balaban J connectivity index is 1.42. The molecule has 0 bridgehead atoms. The first-order valence-electron chi connectivity index (χ1n) is 13.3. The number of carbonyl (C=O) groups is 2. The Morgan fingerprint density at radius 3 is 2.50 bits per heavy atom. The van der Waals surface area contributed by atoms with Crippen LogP contribution in [0.15, 0.2) is 48.5 Å². The molecule has 1 aromatic heterocycles. The van der Waals surface area contributed by atoms with E-state index in [1.807, 2.05) is 31.2 Å². The van der Waals surface area contributed by atoms with Crippen LogP contribution in [-0.2, 0) is 20.9 Å². The molecule has 200 valence electrons. The molecule has 2 aromatic carbocycles. The maximum atomic E-state index is 13.8. The zero-order valence-corrected chi connectivity index (χ0v) is 21.6. The highest BCUT2D eigenvalue weighted by Gasteiger charge is 2.35. The minimum absolute atomic E-state index is 0.0687. The number of aromatic nitrogens is 4. The van der Waals surface area contributed by atoms with Crippen LogP contribution < -0.4 is 5.32 Å². The molecule has 0 radical (unpaired) electrons. The molecule has 9 nitrogen and oxygen atoms in total. The van der Waals surface area contributed by atoms with E-state index in [1.165, 1.54) is 21.8 Å². The van der Waals surface area contributed by atoms with Crippen molar-refractivity contribution in [1.82, 2.24) is 30.4 Å². The molecule has 1 saturated carbocycles. The van der Waals surface area contributed by atoms with Gasteiger partial charge in [-0.3, -0.25) is 9.59 Å². The van der Waals surface area contributed by atoms with Crippen LogP contribution in [0.2, 0.25) is 0 Å². The summed E-state index contributed by atoms with van der Waals surface area (Å²) >= 11 is 0. The SMILES string of the molecule is Cc1ccc(-c2nnn(CC(=O)N(CC3CCCO3)C(C(=O)NC3CCCC3)c3ccc(F)cc3)n2)cc1. The number of benzene rings is 2. The minimum Gasteiger partial charge on any atom is -0.376 e. The van der Waals surface area contributed by atoms with E-state index in [1.54, 1.807) is 12.1 Å². The van der Waals surface area contributed by atoms with Crippen LogP contribution in [0.1, 0.15) is 55.7 Å². The molecule has 1 aliphatic heterocycles. The fourth-order valence-corrected chi connectivity index (χ4v) is 5.17. The van der Waals surface area contributed by atoms with E-state index in [2.05, 4.69) is 20.7 Å². The lowest BCUT2D eigenvalue weighted by molar-refractivity contribution is -0.143. The highest BCUT2D eigenvalue weighted by molar-refractivity contribution is 5.89. The summed E-state index contributed by atoms with van der Waals surface area (Å²) in [6.45, 7) is 2.65. The highest BCUT2D eigenvalue weighted by Crippen LogP contribution is 2.27. The Labute approximate surface area is 221 Å². The predicted molar refractivity (Wildman–Crippen MR) is 138 cm³/mol. The first kappa shape index (κ1) is 26.0. The molecule has 2 unspecified atom stereocenters. The average Bonchev–Trinajstić information content (AvgIpc) is 3.69. The Morgan fingerprint density at radius 1 is 1.08 bits per heavy atom. The van der Waals surface area contributed by atoms with Gasteiger partial charge in [-0.2, -0.15) is 4.80 Å². The van der Waals surface area contributed by atoms with Crippen LogP contribution in [0.5, 0.6) is 0 Å². The largest absolute Gasteiger partial charge is 0.376 e. The van der Waals surface area contributed by atoms with E-state index in [-0.39, 0.29) is 37.0 Å². The van der Waals surface area contributed by atoms with Gasteiger partial charge in [-0.1, -0.05) is 54.8 Å². The summed E-state index contributed by atoms with van der Waals surface area (Å²) in [5, 5.41) is 15.7. The maximum absolute atomic E-state index is 13.8. The number of hydrogen-bond acceptors (Lipinski definition) is 6. The second-order valence-electron chi connectivity index (χ2n) is 10.1. The number of ether oxygens (including phenoxy) is 1. The van der Waals surface area contributed by atoms with Gasteiger partial charge in [0.05, 0.1) is 6.10 Å². The standard InChI is InChI=1S/C28H33FN6O3/c1-19-8-10-21(11-9-19)27-31-33-35(32-27)18-25(36)34(17-24-7-4-16-38-24)26(20-12-14-22(29)15-13-20)28(37)30-23-5-2-3-6-23/h8-15,23-24,26H,2-7,16-18H2,1H3,(H,30,37). The summed E-state index contributed by atoms with van der Waals surface area (Å²) in [5.74, 6) is -0.611. The summed E-state index contributed by atoms with van der Waals surface area (Å²) in [5.41, 5.74) is 2.45. The van der Waals surface area contributed by atoms with Crippen molar-refractivity contribution in [3.8, 4) is 11.4 Å².